The first-order valence-corrected chi connectivity index (χ1v) is 13.4. The Morgan fingerprint density at radius 3 is 2.42 bits per heavy atom. The zero-order valence-electron chi connectivity index (χ0n) is 23.7. The number of amides is 2. The number of likely N-dealkylation sites (tertiary alicyclic amines) is 1. The van der Waals surface area contributed by atoms with Crippen molar-refractivity contribution in [1.82, 2.24) is 9.88 Å². The van der Waals surface area contributed by atoms with E-state index in [-0.39, 0.29) is 17.2 Å². The molecular weight excluding hydrogens is 472 g/mol. The van der Waals surface area contributed by atoms with Gasteiger partial charge >= 0.3 is 0 Å². The number of nitrogens with zero attached hydrogens (tertiary/aromatic N) is 3. The summed E-state index contributed by atoms with van der Waals surface area (Å²) in [6.07, 6.45) is 3.27. The molecule has 2 atom stereocenters. The average Bonchev–Trinajstić information content (AvgIpc) is 2.87. The lowest BCUT2D eigenvalue weighted by Gasteiger charge is -2.41. The van der Waals surface area contributed by atoms with E-state index in [0.29, 0.717) is 18.5 Å². The van der Waals surface area contributed by atoms with Crippen molar-refractivity contribution >= 4 is 23.3 Å². The lowest BCUT2D eigenvalue weighted by molar-refractivity contribution is -0.123. The standard InChI is InChI=1S/C32H40N4O2/c1-21-13-15-26(22(2)18-21)31(38)36-17-9-12-27(29(36)23-14-16-28(33-20-23)35(6)7)30(37)34-25-11-8-10-24(19-25)32(3,4)5/h8,10-11,13-16,18-20,27,29H,9,12,17H2,1-7H3,(H,34,37). The SMILES string of the molecule is Cc1ccc(C(=O)N2CCCC(C(=O)Nc3cccc(C(C)(C)C)c3)C2c2ccc(N(C)C)nc2)c(C)c1. The minimum absolute atomic E-state index is 0.0247. The summed E-state index contributed by atoms with van der Waals surface area (Å²) < 4.78 is 0. The summed E-state index contributed by atoms with van der Waals surface area (Å²) in [5, 5.41) is 3.17. The van der Waals surface area contributed by atoms with Gasteiger partial charge in [-0.1, -0.05) is 56.7 Å². The van der Waals surface area contributed by atoms with Crippen LogP contribution in [0.1, 0.15) is 72.3 Å². The number of carbonyl (C=O) groups excluding carboxylic acids is 2. The normalized spacial score (nSPS) is 17.7. The monoisotopic (exact) mass is 512 g/mol. The van der Waals surface area contributed by atoms with Crippen molar-refractivity contribution in [2.75, 3.05) is 30.9 Å². The zero-order chi connectivity index (χ0) is 27.6. The average molecular weight is 513 g/mol. The van der Waals surface area contributed by atoms with Crippen molar-refractivity contribution in [3.63, 3.8) is 0 Å². The maximum absolute atomic E-state index is 13.9. The Labute approximate surface area is 227 Å². The van der Waals surface area contributed by atoms with Gasteiger partial charge in [0.15, 0.2) is 0 Å². The molecule has 1 aliphatic rings. The fourth-order valence-corrected chi connectivity index (χ4v) is 5.25. The summed E-state index contributed by atoms with van der Waals surface area (Å²) in [7, 11) is 3.89. The summed E-state index contributed by atoms with van der Waals surface area (Å²) in [4.78, 5) is 36.2. The van der Waals surface area contributed by atoms with Gasteiger partial charge in [0.1, 0.15) is 5.82 Å². The number of anilines is 2. The molecule has 2 amide bonds. The molecule has 4 rings (SSSR count). The highest BCUT2D eigenvalue weighted by Crippen LogP contribution is 2.38. The predicted octanol–water partition coefficient (Wildman–Crippen LogP) is 6.29. The van der Waals surface area contributed by atoms with E-state index in [2.05, 4.69) is 37.1 Å². The molecule has 0 bridgehead atoms. The van der Waals surface area contributed by atoms with Gasteiger partial charge in [0, 0.05) is 38.1 Å². The van der Waals surface area contributed by atoms with Gasteiger partial charge in [-0.2, -0.15) is 0 Å². The van der Waals surface area contributed by atoms with E-state index in [9.17, 15) is 9.59 Å². The maximum atomic E-state index is 13.9. The van der Waals surface area contributed by atoms with Gasteiger partial charge in [0.05, 0.1) is 12.0 Å². The zero-order valence-corrected chi connectivity index (χ0v) is 23.7. The molecular formula is C32H40N4O2. The lowest BCUT2D eigenvalue weighted by Crippen LogP contribution is -2.46. The molecule has 200 valence electrons. The van der Waals surface area contributed by atoms with Gasteiger partial charge in [-0.3, -0.25) is 9.59 Å². The number of pyridine rings is 1. The highest BCUT2D eigenvalue weighted by atomic mass is 16.2. The number of piperidine rings is 1. The molecule has 1 aromatic heterocycles. The van der Waals surface area contributed by atoms with Crippen LogP contribution in [0.15, 0.2) is 60.8 Å². The second-order valence-electron chi connectivity index (χ2n) is 11.7. The molecule has 1 fully saturated rings. The minimum atomic E-state index is -0.411. The van der Waals surface area contributed by atoms with Crippen LogP contribution in [-0.2, 0) is 10.2 Å². The number of benzene rings is 2. The number of carbonyl (C=O) groups is 2. The van der Waals surface area contributed by atoms with Gasteiger partial charge < -0.3 is 15.1 Å². The van der Waals surface area contributed by atoms with E-state index >= 15 is 0 Å². The first-order valence-electron chi connectivity index (χ1n) is 13.4. The molecule has 0 radical (unpaired) electrons. The van der Waals surface area contributed by atoms with Crippen LogP contribution < -0.4 is 10.2 Å². The topological polar surface area (TPSA) is 65.5 Å². The molecule has 1 aliphatic heterocycles. The number of nitrogens with one attached hydrogen (secondary N) is 1. The minimum Gasteiger partial charge on any atom is -0.363 e. The Bertz CT molecular complexity index is 1310. The van der Waals surface area contributed by atoms with Gasteiger partial charge in [-0.15, -0.1) is 0 Å². The molecule has 3 aromatic rings. The Morgan fingerprint density at radius 2 is 1.79 bits per heavy atom. The van der Waals surface area contributed by atoms with Crippen LogP contribution in [0, 0.1) is 19.8 Å². The second kappa shape index (κ2) is 11.0. The van der Waals surface area contributed by atoms with Crippen LogP contribution >= 0.6 is 0 Å². The molecule has 38 heavy (non-hydrogen) atoms. The van der Waals surface area contributed by atoms with Gasteiger partial charge in [-0.25, -0.2) is 4.98 Å². The number of hydrogen-bond donors (Lipinski definition) is 1. The first kappa shape index (κ1) is 27.4. The molecule has 2 aromatic carbocycles. The third-order valence-electron chi connectivity index (χ3n) is 7.41. The van der Waals surface area contributed by atoms with Crippen LogP contribution in [0.3, 0.4) is 0 Å². The Kier molecular flexibility index (Phi) is 7.91. The van der Waals surface area contributed by atoms with Crippen LogP contribution in [0.2, 0.25) is 0 Å². The summed E-state index contributed by atoms with van der Waals surface area (Å²) >= 11 is 0. The second-order valence-corrected chi connectivity index (χ2v) is 11.7. The highest BCUT2D eigenvalue weighted by molar-refractivity contribution is 5.98. The smallest absolute Gasteiger partial charge is 0.254 e. The first-order chi connectivity index (χ1) is 18.0. The largest absolute Gasteiger partial charge is 0.363 e. The Hall–Kier alpha value is -3.67. The third kappa shape index (κ3) is 5.90. The number of aryl methyl sites for hydroxylation is 2. The Morgan fingerprint density at radius 1 is 1.03 bits per heavy atom. The van der Waals surface area contributed by atoms with Crippen molar-refractivity contribution < 1.29 is 9.59 Å². The van der Waals surface area contributed by atoms with Gasteiger partial charge in [0.2, 0.25) is 5.91 Å². The summed E-state index contributed by atoms with van der Waals surface area (Å²) in [6.45, 7) is 11.1. The molecule has 0 saturated carbocycles. The fraction of sp³-hybridized carbons (Fsp3) is 0.406. The van der Waals surface area contributed by atoms with Crippen molar-refractivity contribution in [2.45, 2.75) is 58.9 Å². The Balaban J connectivity index is 1.70. The molecule has 0 spiro atoms. The number of hydrogen-bond acceptors (Lipinski definition) is 4. The summed E-state index contributed by atoms with van der Waals surface area (Å²) in [5.41, 5.74) is 5.52. The molecule has 6 heteroatoms. The molecule has 0 aliphatic carbocycles. The summed E-state index contributed by atoms with van der Waals surface area (Å²) in [6, 6.07) is 17.5. The van der Waals surface area contributed by atoms with Gasteiger partial charge in [-0.05, 0) is 73.1 Å². The van der Waals surface area contributed by atoms with Gasteiger partial charge in [0.25, 0.3) is 5.91 Å². The summed E-state index contributed by atoms with van der Waals surface area (Å²) in [5.74, 6) is 0.313. The van der Waals surface area contributed by atoms with E-state index in [1.807, 2.05) is 92.5 Å². The van der Waals surface area contributed by atoms with Crippen LogP contribution in [-0.4, -0.2) is 42.3 Å². The highest BCUT2D eigenvalue weighted by Gasteiger charge is 2.40. The van der Waals surface area contributed by atoms with Crippen molar-refractivity contribution in [1.29, 1.82) is 0 Å². The van der Waals surface area contributed by atoms with E-state index < -0.39 is 12.0 Å². The molecule has 1 saturated heterocycles. The molecule has 2 heterocycles. The molecule has 2 unspecified atom stereocenters. The van der Waals surface area contributed by atoms with E-state index in [1.54, 1.807) is 0 Å². The van der Waals surface area contributed by atoms with E-state index in [1.165, 1.54) is 0 Å². The number of rotatable bonds is 5. The van der Waals surface area contributed by atoms with Crippen molar-refractivity contribution in [3.05, 3.63) is 88.6 Å². The van der Waals surface area contributed by atoms with E-state index in [0.717, 1.165) is 40.2 Å². The molecule has 1 N–H and O–H groups in total. The van der Waals surface area contributed by atoms with Crippen LogP contribution in [0.4, 0.5) is 11.5 Å². The quantitative estimate of drug-likeness (QED) is 0.436. The van der Waals surface area contributed by atoms with Crippen LogP contribution in [0.25, 0.3) is 0 Å². The fourth-order valence-electron chi connectivity index (χ4n) is 5.25. The maximum Gasteiger partial charge on any atom is 0.254 e. The third-order valence-corrected chi connectivity index (χ3v) is 7.41. The van der Waals surface area contributed by atoms with Crippen molar-refractivity contribution in [2.24, 2.45) is 5.92 Å². The predicted molar refractivity (Wildman–Crippen MR) is 155 cm³/mol. The van der Waals surface area contributed by atoms with Crippen LogP contribution in [0.5, 0.6) is 0 Å². The number of aromatic nitrogens is 1. The molecule has 6 nitrogen and oxygen atoms in total. The lowest BCUT2D eigenvalue weighted by atomic mass is 9.83. The van der Waals surface area contributed by atoms with E-state index in [4.69, 9.17) is 0 Å². The van der Waals surface area contributed by atoms with Crippen molar-refractivity contribution in [3.8, 4) is 0 Å².